The Balaban J connectivity index is 1.57. The summed E-state index contributed by atoms with van der Waals surface area (Å²) < 4.78 is 16.0. The molecule has 0 saturated heterocycles. The Bertz CT molecular complexity index is 1150. The minimum Gasteiger partial charge on any atom is -0.356 e. The molecule has 0 aliphatic heterocycles. The number of para-hydroxylation sites is 1. The number of nitrogens with one attached hydrogen (secondary N) is 1. The smallest absolute Gasteiger partial charge is 0.220 e. The van der Waals surface area contributed by atoms with E-state index in [9.17, 15) is 9.18 Å². The molecule has 0 spiro atoms. The van der Waals surface area contributed by atoms with E-state index in [2.05, 4.69) is 40.3 Å². The SMILES string of the molecule is Cn1cc([C@H](CC(=O)NCCc2ccccc2)c2cccc(F)c2)c2ccccc21. The summed E-state index contributed by atoms with van der Waals surface area (Å²) in [6.45, 7) is 0.578. The molecule has 3 aromatic carbocycles. The number of hydrogen-bond acceptors (Lipinski definition) is 1. The summed E-state index contributed by atoms with van der Waals surface area (Å²) in [4.78, 5) is 12.8. The molecule has 0 radical (unpaired) electrons. The molecule has 0 fully saturated rings. The number of halogens is 1. The maximum atomic E-state index is 14.0. The monoisotopic (exact) mass is 400 g/mol. The van der Waals surface area contributed by atoms with Gasteiger partial charge < -0.3 is 9.88 Å². The van der Waals surface area contributed by atoms with Crippen molar-refractivity contribution < 1.29 is 9.18 Å². The van der Waals surface area contributed by atoms with Crippen LogP contribution in [0.5, 0.6) is 0 Å². The summed E-state index contributed by atoms with van der Waals surface area (Å²) in [7, 11) is 1.99. The van der Waals surface area contributed by atoms with Gasteiger partial charge in [0, 0.05) is 43.0 Å². The van der Waals surface area contributed by atoms with Crippen molar-refractivity contribution in [3.8, 4) is 0 Å². The van der Waals surface area contributed by atoms with Gasteiger partial charge in [0.05, 0.1) is 0 Å². The van der Waals surface area contributed by atoms with Gasteiger partial charge in [0.15, 0.2) is 0 Å². The largest absolute Gasteiger partial charge is 0.356 e. The number of carbonyl (C=O) groups is 1. The topological polar surface area (TPSA) is 34.0 Å². The fourth-order valence-corrected chi connectivity index (χ4v) is 4.03. The van der Waals surface area contributed by atoms with Crippen LogP contribution < -0.4 is 5.32 Å². The molecular weight excluding hydrogens is 375 g/mol. The number of benzene rings is 3. The van der Waals surface area contributed by atoms with Gasteiger partial charge in [-0.2, -0.15) is 0 Å². The second-order valence-electron chi connectivity index (χ2n) is 7.61. The Morgan fingerprint density at radius 2 is 1.77 bits per heavy atom. The predicted molar refractivity (Wildman–Crippen MR) is 119 cm³/mol. The molecule has 1 aromatic heterocycles. The lowest BCUT2D eigenvalue weighted by atomic mass is 9.88. The van der Waals surface area contributed by atoms with Crippen LogP contribution in [0.15, 0.2) is 85.1 Å². The van der Waals surface area contributed by atoms with E-state index in [1.54, 1.807) is 6.07 Å². The van der Waals surface area contributed by atoms with E-state index >= 15 is 0 Å². The van der Waals surface area contributed by atoms with Crippen molar-refractivity contribution in [3.05, 3.63) is 108 Å². The summed E-state index contributed by atoms with van der Waals surface area (Å²) in [6, 6.07) is 24.8. The van der Waals surface area contributed by atoms with Crippen molar-refractivity contribution in [3.63, 3.8) is 0 Å². The Hall–Kier alpha value is -3.40. The number of carbonyl (C=O) groups excluding carboxylic acids is 1. The average molecular weight is 400 g/mol. The highest BCUT2D eigenvalue weighted by atomic mass is 19.1. The summed E-state index contributed by atoms with van der Waals surface area (Å²) in [5, 5.41) is 4.12. The fraction of sp³-hybridized carbons (Fsp3) is 0.192. The van der Waals surface area contributed by atoms with Crippen molar-refractivity contribution in [2.24, 2.45) is 7.05 Å². The minimum atomic E-state index is -0.290. The van der Waals surface area contributed by atoms with Crippen molar-refractivity contribution in [1.29, 1.82) is 0 Å². The van der Waals surface area contributed by atoms with E-state index in [0.29, 0.717) is 6.54 Å². The number of aromatic nitrogens is 1. The summed E-state index contributed by atoms with van der Waals surface area (Å²) in [5.41, 5.74) is 4.13. The predicted octanol–water partition coefficient (Wildman–Crippen LogP) is 5.20. The third-order valence-electron chi connectivity index (χ3n) is 5.52. The minimum absolute atomic E-state index is 0.0341. The molecule has 4 heteroatoms. The molecule has 1 heterocycles. The highest BCUT2D eigenvalue weighted by Gasteiger charge is 2.22. The van der Waals surface area contributed by atoms with E-state index in [4.69, 9.17) is 0 Å². The molecule has 1 amide bonds. The Labute approximate surface area is 176 Å². The van der Waals surface area contributed by atoms with Crippen LogP contribution in [0.2, 0.25) is 0 Å². The quantitative estimate of drug-likeness (QED) is 0.455. The third kappa shape index (κ3) is 4.43. The summed E-state index contributed by atoms with van der Waals surface area (Å²) >= 11 is 0. The van der Waals surface area contributed by atoms with Crippen LogP contribution in [0.4, 0.5) is 4.39 Å². The Kier molecular flexibility index (Phi) is 5.94. The molecule has 0 bridgehead atoms. The van der Waals surface area contributed by atoms with E-state index in [1.165, 1.54) is 17.7 Å². The molecule has 4 aromatic rings. The average Bonchev–Trinajstić information content (AvgIpc) is 3.09. The maximum Gasteiger partial charge on any atom is 0.220 e. The van der Waals surface area contributed by atoms with E-state index < -0.39 is 0 Å². The first-order valence-corrected chi connectivity index (χ1v) is 10.2. The van der Waals surface area contributed by atoms with Crippen LogP contribution in [0.25, 0.3) is 10.9 Å². The van der Waals surface area contributed by atoms with Gasteiger partial charge in [-0.3, -0.25) is 4.79 Å². The van der Waals surface area contributed by atoms with Gasteiger partial charge in [-0.05, 0) is 41.3 Å². The number of amides is 1. The molecular formula is C26H25FN2O. The van der Waals surface area contributed by atoms with Crippen molar-refractivity contribution in [2.45, 2.75) is 18.8 Å². The first-order valence-electron chi connectivity index (χ1n) is 10.2. The second kappa shape index (κ2) is 8.95. The molecule has 152 valence electrons. The molecule has 0 aliphatic carbocycles. The molecule has 0 aliphatic rings. The zero-order chi connectivity index (χ0) is 20.9. The Morgan fingerprint density at radius 3 is 2.57 bits per heavy atom. The van der Waals surface area contributed by atoms with Gasteiger partial charge in [-0.15, -0.1) is 0 Å². The maximum absolute atomic E-state index is 14.0. The van der Waals surface area contributed by atoms with Gasteiger partial charge in [0.25, 0.3) is 0 Å². The van der Waals surface area contributed by atoms with Crippen molar-refractivity contribution in [1.82, 2.24) is 9.88 Å². The van der Waals surface area contributed by atoms with Crippen molar-refractivity contribution in [2.75, 3.05) is 6.54 Å². The van der Waals surface area contributed by atoms with E-state index in [1.807, 2.05) is 43.4 Å². The lowest BCUT2D eigenvalue weighted by Gasteiger charge is -2.17. The van der Waals surface area contributed by atoms with E-state index in [0.717, 1.165) is 28.5 Å². The third-order valence-corrected chi connectivity index (χ3v) is 5.52. The second-order valence-corrected chi connectivity index (χ2v) is 7.61. The molecule has 0 saturated carbocycles. The van der Waals surface area contributed by atoms with Crippen LogP contribution in [0.3, 0.4) is 0 Å². The van der Waals surface area contributed by atoms with Gasteiger partial charge in [0.2, 0.25) is 5.91 Å². The zero-order valence-electron chi connectivity index (χ0n) is 17.0. The van der Waals surface area contributed by atoms with Gasteiger partial charge >= 0.3 is 0 Å². The lowest BCUT2D eigenvalue weighted by Crippen LogP contribution is -2.27. The van der Waals surface area contributed by atoms with Gasteiger partial charge in [0.1, 0.15) is 5.82 Å². The molecule has 1 N–H and O–H groups in total. The molecule has 1 atom stereocenters. The molecule has 0 unspecified atom stereocenters. The number of aryl methyl sites for hydroxylation is 1. The standard InChI is InChI=1S/C26H25FN2O/c1-29-18-24(22-12-5-6-13-25(22)29)23(20-10-7-11-21(27)16-20)17-26(30)28-15-14-19-8-3-2-4-9-19/h2-13,16,18,23H,14-15,17H2,1H3,(H,28,30)/t23-/m1/s1. The summed E-state index contributed by atoms with van der Waals surface area (Å²) in [5.74, 6) is -0.543. The first kappa shape index (κ1) is 19.9. The van der Waals surface area contributed by atoms with Crippen molar-refractivity contribution >= 4 is 16.8 Å². The van der Waals surface area contributed by atoms with Crippen LogP contribution in [0, 0.1) is 5.82 Å². The highest BCUT2D eigenvalue weighted by molar-refractivity contribution is 5.86. The van der Waals surface area contributed by atoms with Gasteiger partial charge in [-0.1, -0.05) is 60.7 Å². The van der Waals surface area contributed by atoms with Crippen LogP contribution in [-0.2, 0) is 18.3 Å². The molecule has 4 rings (SSSR count). The molecule has 30 heavy (non-hydrogen) atoms. The van der Waals surface area contributed by atoms with Crippen LogP contribution in [0.1, 0.15) is 29.0 Å². The number of rotatable bonds is 7. The highest BCUT2D eigenvalue weighted by Crippen LogP contribution is 2.34. The van der Waals surface area contributed by atoms with Crippen LogP contribution >= 0.6 is 0 Å². The fourth-order valence-electron chi connectivity index (χ4n) is 4.03. The normalized spacial score (nSPS) is 12.1. The molecule has 3 nitrogen and oxygen atoms in total. The van der Waals surface area contributed by atoms with E-state index in [-0.39, 0.29) is 24.1 Å². The first-order chi connectivity index (χ1) is 14.6. The number of hydrogen-bond donors (Lipinski definition) is 1. The lowest BCUT2D eigenvalue weighted by molar-refractivity contribution is -0.121. The van der Waals surface area contributed by atoms with Gasteiger partial charge in [-0.25, -0.2) is 4.39 Å². The van der Waals surface area contributed by atoms with Crippen LogP contribution in [-0.4, -0.2) is 17.0 Å². The Morgan fingerprint density at radius 1 is 1.00 bits per heavy atom. The summed E-state index contributed by atoms with van der Waals surface area (Å²) in [6.07, 6.45) is 3.11. The number of fused-ring (bicyclic) bond motifs is 1. The number of nitrogens with zero attached hydrogens (tertiary/aromatic N) is 1. The zero-order valence-corrected chi connectivity index (χ0v) is 17.0.